The van der Waals surface area contributed by atoms with Crippen molar-refractivity contribution in [2.45, 2.75) is 20.4 Å². The summed E-state index contributed by atoms with van der Waals surface area (Å²) in [6, 6.07) is 5.86. The minimum absolute atomic E-state index is 0.342. The van der Waals surface area contributed by atoms with Crippen LogP contribution < -0.4 is 10.6 Å². The Morgan fingerprint density at radius 3 is 2.90 bits per heavy atom. The van der Waals surface area contributed by atoms with Gasteiger partial charge in [-0.25, -0.2) is 0 Å². The predicted molar refractivity (Wildman–Crippen MR) is 83.3 cm³/mol. The average molecular weight is 360 g/mol. The van der Waals surface area contributed by atoms with E-state index < -0.39 is 0 Å². The zero-order valence-corrected chi connectivity index (χ0v) is 13.6. The molecule has 2 aromatic rings. The Hall–Kier alpha value is -1.11. The molecule has 0 fully saturated rings. The molecule has 1 aromatic carbocycles. The molecule has 0 saturated carbocycles. The van der Waals surface area contributed by atoms with Gasteiger partial charge in [-0.05, 0) is 40.5 Å². The Morgan fingerprint density at radius 2 is 2.15 bits per heavy atom. The molecule has 0 amide bonds. The Kier molecular flexibility index (Phi) is 5.39. The fourth-order valence-corrected chi connectivity index (χ4v) is 2.10. The normalized spacial score (nSPS) is 11.1. The molecule has 0 spiro atoms. The maximum absolute atomic E-state index is 6.02. The first kappa shape index (κ1) is 15.3. The topological polar surface area (TPSA) is 63.0 Å². The van der Waals surface area contributed by atoms with Crippen molar-refractivity contribution in [2.75, 3.05) is 11.9 Å². The van der Waals surface area contributed by atoms with Gasteiger partial charge in [0.1, 0.15) is 0 Å². The lowest BCUT2D eigenvalue weighted by Crippen LogP contribution is -2.19. The van der Waals surface area contributed by atoms with Gasteiger partial charge in [0.2, 0.25) is 5.89 Å². The van der Waals surface area contributed by atoms with Gasteiger partial charge < -0.3 is 15.1 Å². The molecule has 0 aliphatic heterocycles. The van der Waals surface area contributed by atoms with Crippen molar-refractivity contribution < 1.29 is 4.42 Å². The quantitative estimate of drug-likeness (QED) is 0.817. The van der Waals surface area contributed by atoms with Gasteiger partial charge in [-0.2, -0.15) is 0 Å². The summed E-state index contributed by atoms with van der Waals surface area (Å²) in [6.45, 7) is 5.75. The fourth-order valence-electron chi connectivity index (χ4n) is 1.56. The zero-order chi connectivity index (χ0) is 14.5. The van der Waals surface area contributed by atoms with E-state index in [9.17, 15) is 0 Å². The number of anilines is 2. The first-order chi connectivity index (χ1) is 9.56. The summed E-state index contributed by atoms with van der Waals surface area (Å²) in [5, 5.41) is 14.8. The van der Waals surface area contributed by atoms with E-state index in [4.69, 9.17) is 16.0 Å². The van der Waals surface area contributed by atoms with Crippen LogP contribution in [-0.2, 0) is 6.54 Å². The number of nitrogens with zero attached hydrogens (tertiary/aromatic N) is 2. The lowest BCUT2D eigenvalue weighted by molar-refractivity contribution is 0.460. The summed E-state index contributed by atoms with van der Waals surface area (Å²) in [4.78, 5) is 0. The van der Waals surface area contributed by atoms with E-state index in [-0.39, 0.29) is 0 Å². The minimum atomic E-state index is 0.342. The molecule has 0 unspecified atom stereocenters. The van der Waals surface area contributed by atoms with E-state index in [1.165, 1.54) is 0 Å². The summed E-state index contributed by atoms with van der Waals surface area (Å²) in [7, 11) is 0. The standard InChI is InChI=1S/C13H16BrClN4O/c1-8(2)6-16-7-11-18-19-13(20-11)17-10-5-3-4-9(15)12(10)14/h3-5,8,16H,6-7H2,1-2H3,(H,17,19). The highest BCUT2D eigenvalue weighted by molar-refractivity contribution is 9.10. The van der Waals surface area contributed by atoms with E-state index in [0.29, 0.717) is 29.4 Å². The van der Waals surface area contributed by atoms with Crippen LogP contribution in [0.5, 0.6) is 0 Å². The number of halogens is 2. The van der Waals surface area contributed by atoms with Gasteiger partial charge in [-0.3, -0.25) is 0 Å². The lowest BCUT2D eigenvalue weighted by atomic mass is 10.2. The molecule has 0 saturated heterocycles. The third kappa shape index (κ3) is 4.19. The minimum Gasteiger partial charge on any atom is -0.406 e. The largest absolute Gasteiger partial charge is 0.406 e. The number of hydrogen-bond donors (Lipinski definition) is 2. The van der Waals surface area contributed by atoms with Crippen LogP contribution in [0.4, 0.5) is 11.7 Å². The van der Waals surface area contributed by atoms with Crippen LogP contribution in [0, 0.1) is 5.92 Å². The molecule has 108 valence electrons. The van der Waals surface area contributed by atoms with Crippen LogP contribution in [0.25, 0.3) is 0 Å². The van der Waals surface area contributed by atoms with Gasteiger partial charge in [0.15, 0.2) is 0 Å². The van der Waals surface area contributed by atoms with E-state index >= 15 is 0 Å². The van der Waals surface area contributed by atoms with E-state index in [2.05, 4.69) is 50.6 Å². The Labute approximate surface area is 131 Å². The molecule has 1 heterocycles. The zero-order valence-electron chi connectivity index (χ0n) is 11.3. The van der Waals surface area contributed by atoms with E-state index in [0.717, 1.165) is 16.7 Å². The Balaban J connectivity index is 1.97. The molecule has 0 bridgehead atoms. The molecule has 0 aliphatic carbocycles. The van der Waals surface area contributed by atoms with Crippen LogP contribution in [-0.4, -0.2) is 16.7 Å². The van der Waals surface area contributed by atoms with Crippen molar-refractivity contribution in [3.63, 3.8) is 0 Å². The van der Waals surface area contributed by atoms with Gasteiger partial charge >= 0.3 is 6.01 Å². The van der Waals surface area contributed by atoms with Gasteiger partial charge in [0.25, 0.3) is 0 Å². The molecule has 2 N–H and O–H groups in total. The molecule has 0 radical (unpaired) electrons. The number of benzene rings is 1. The summed E-state index contributed by atoms with van der Waals surface area (Å²) >= 11 is 9.43. The summed E-state index contributed by atoms with van der Waals surface area (Å²) in [6.07, 6.45) is 0. The molecular weight excluding hydrogens is 344 g/mol. The van der Waals surface area contributed by atoms with Crippen molar-refractivity contribution >= 4 is 39.2 Å². The first-order valence-electron chi connectivity index (χ1n) is 6.30. The van der Waals surface area contributed by atoms with Gasteiger partial charge in [-0.15, -0.1) is 5.10 Å². The monoisotopic (exact) mass is 358 g/mol. The molecule has 20 heavy (non-hydrogen) atoms. The number of aromatic nitrogens is 2. The molecule has 1 aromatic heterocycles. The third-order valence-corrected chi connectivity index (χ3v) is 3.89. The highest BCUT2D eigenvalue weighted by Crippen LogP contribution is 2.31. The Bertz CT molecular complexity index is 573. The van der Waals surface area contributed by atoms with Crippen molar-refractivity contribution in [2.24, 2.45) is 5.92 Å². The van der Waals surface area contributed by atoms with Crippen LogP contribution in [0.15, 0.2) is 27.1 Å². The van der Waals surface area contributed by atoms with E-state index in [1.807, 2.05) is 12.1 Å². The summed E-state index contributed by atoms with van der Waals surface area (Å²) < 4.78 is 6.27. The highest BCUT2D eigenvalue weighted by Gasteiger charge is 2.09. The lowest BCUT2D eigenvalue weighted by Gasteiger charge is -2.05. The molecule has 7 heteroatoms. The van der Waals surface area contributed by atoms with Crippen LogP contribution >= 0.6 is 27.5 Å². The maximum Gasteiger partial charge on any atom is 0.320 e. The molecule has 5 nitrogen and oxygen atoms in total. The highest BCUT2D eigenvalue weighted by atomic mass is 79.9. The SMILES string of the molecule is CC(C)CNCc1nnc(Nc2cccc(Cl)c2Br)o1. The van der Waals surface area contributed by atoms with Crippen molar-refractivity contribution in [3.8, 4) is 0 Å². The molecule has 2 rings (SSSR count). The summed E-state index contributed by atoms with van der Waals surface area (Å²) in [5.41, 5.74) is 0.780. The predicted octanol–water partition coefficient (Wildman–Crippen LogP) is 3.97. The van der Waals surface area contributed by atoms with Gasteiger partial charge in [-0.1, -0.05) is 36.6 Å². The van der Waals surface area contributed by atoms with Gasteiger partial charge in [0.05, 0.1) is 21.7 Å². The number of rotatable bonds is 6. The molecule has 0 atom stereocenters. The third-order valence-electron chi connectivity index (χ3n) is 2.49. The molecule has 0 aliphatic rings. The van der Waals surface area contributed by atoms with Gasteiger partial charge in [0, 0.05) is 0 Å². The Morgan fingerprint density at radius 1 is 1.35 bits per heavy atom. The molecular formula is C13H16BrClN4O. The first-order valence-corrected chi connectivity index (χ1v) is 7.47. The van der Waals surface area contributed by atoms with Crippen LogP contribution in [0.3, 0.4) is 0 Å². The van der Waals surface area contributed by atoms with Crippen molar-refractivity contribution in [1.29, 1.82) is 0 Å². The van der Waals surface area contributed by atoms with Crippen molar-refractivity contribution in [3.05, 3.63) is 33.6 Å². The van der Waals surface area contributed by atoms with Crippen molar-refractivity contribution in [1.82, 2.24) is 15.5 Å². The second kappa shape index (κ2) is 7.06. The average Bonchev–Trinajstić information content (AvgIpc) is 2.82. The number of nitrogens with one attached hydrogen (secondary N) is 2. The second-order valence-corrected chi connectivity index (χ2v) is 5.95. The summed E-state index contributed by atoms with van der Waals surface area (Å²) in [5.74, 6) is 1.13. The maximum atomic E-state index is 6.02. The smallest absolute Gasteiger partial charge is 0.320 e. The second-order valence-electron chi connectivity index (χ2n) is 4.75. The number of hydrogen-bond acceptors (Lipinski definition) is 5. The van der Waals surface area contributed by atoms with Crippen LogP contribution in [0.1, 0.15) is 19.7 Å². The van der Waals surface area contributed by atoms with E-state index in [1.54, 1.807) is 6.07 Å². The fraction of sp³-hybridized carbons (Fsp3) is 0.385. The van der Waals surface area contributed by atoms with Crippen LogP contribution in [0.2, 0.25) is 5.02 Å².